The number of nitrogens with zero attached hydrogens (tertiary/aromatic N) is 2. The Hall–Kier alpha value is -3.45. The van der Waals surface area contributed by atoms with Crippen molar-refractivity contribution in [1.82, 2.24) is 20.6 Å². The highest BCUT2D eigenvalue weighted by molar-refractivity contribution is 5.83. The second kappa shape index (κ2) is 8.49. The first-order chi connectivity index (χ1) is 13.8. The molecular formula is C21H20N4O3. The lowest BCUT2D eigenvalue weighted by atomic mass is 10.0. The number of ether oxygens (including phenoxy) is 2. The molecule has 0 aliphatic carbocycles. The number of carbonyl (C=O) groups excluding carboxylic acids is 1. The second-order valence-corrected chi connectivity index (χ2v) is 6.37. The molecule has 1 aliphatic rings. The molecule has 142 valence electrons. The van der Waals surface area contributed by atoms with Crippen LogP contribution in [-0.4, -0.2) is 22.7 Å². The molecule has 3 heterocycles. The van der Waals surface area contributed by atoms with Crippen molar-refractivity contribution >= 4 is 5.91 Å². The van der Waals surface area contributed by atoms with E-state index in [1.165, 1.54) is 0 Å². The van der Waals surface area contributed by atoms with Crippen molar-refractivity contribution in [3.8, 4) is 11.5 Å². The van der Waals surface area contributed by atoms with E-state index in [2.05, 4.69) is 20.6 Å². The van der Waals surface area contributed by atoms with Crippen LogP contribution in [0.25, 0.3) is 0 Å². The molecular weight excluding hydrogens is 356 g/mol. The predicted octanol–water partition coefficient (Wildman–Crippen LogP) is 2.35. The first-order valence-electron chi connectivity index (χ1n) is 8.98. The van der Waals surface area contributed by atoms with Crippen molar-refractivity contribution in [2.45, 2.75) is 19.1 Å². The molecule has 1 aromatic carbocycles. The van der Waals surface area contributed by atoms with Gasteiger partial charge in [0.15, 0.2) is 11.5 Å². The summed E-state index contributed by atoms with van der Waals surface area (Å²) in [4.78, 5) is 21.2. The van der Waals surface area contributed by atoms with Crippen molar-refractivity contribution in [2.24, 2.45) is 0 Å². The number of aromatic nitrogens is 2. The minimum absolute atomic E-state index is 0.133. The van der Waals surface area contributed by atoms with Crippen LogP contribution in [0.2, 0.25) is 0 Å². The van der Waals surface area contributed by atoms with Gasteiger partial charge in [-0.3, -0.25) is 20.1 Å². The molecule has 2 N–H and O–H groups in total. The van der Waals surface area contributed by atoms with Crippen molar-refractivity contribution in [3.05, 3.63) is 83.9 Å². The third-order valence-corrected chi connectivity index (χ3v) is 4.41. The minimum atomic E-state index is -0.550. The van der Waals surface area contributed by atoms with E-state index >= 15 is 0 Å². The molecule has 0 saturated heterocycles. The number of rotatable bonds is 7. The lowest BCUT2D eigenvalue weighted by Crippen LogP contribution is -2.37. The Morgan fingerprint density at radius 1 is 0.964 bits per heavy atom. The number of amides is 1. The van der Waals surface area contributed by atoms with E-state index in [1.807, 2.05) is 42.5 Å². The summed E-state index contributed by atoms with van der Waals surface area (Å²) in [5.41, 5.74) is 2.73. The molecule has 28 heavy (non-hydrogen) atoms. The van der Waals surface area contributed by atoms with Crippen molar-refractivity contribution in [1.29, 1.82) is 0 Å². The van der Waals surface area contributed by atoms with Gasteiger partial charge in [-0.25, -0.2) is 0 Å². The number of carbonyl (C=O) groups is 1. The lowest BCUT2D eigenvalue weighted by molar-refractivity contribution is -0.123. The molecule has 7 nitrogen and oxygen atoms in total. The molecule has 1 aliphatic heterocycles. The van der Waals surface area contributed by atoms with Gasteiger partial charge in [-0.1, -0.05) is 18.2 Å². The van der Waals surface area contributed by atoms with Crippen LogP contribution in [0, 0.1) is 0 Å². The summed E-state index contributed by atoms with van der Waals surface area (Å²) in [5.74, 6) is 1.20. The van der Waals surface area contributed by atoms with E-state index in [1.54, 1.807) is 24.8 Å². The first kappa shape index (κ1) is 17.9. The molecule has 7 heteroatoms. The average Bonchev–Trinajstić information content (AvgIpc) is 3.22. The van der Waals surface area contributed by atoms with Gasteiger partial charge < -0.3 is 14.8 Å². The van der Waals surface area contributed by atoms with E-state index in [4.69, 9.17) is 9.47 Å². The van der Waals surface area contributed by atoms with Crippen molar-refractivity contribution in [2.75, 3.05) is 6.79 Å². The van der Waals surface area contributed by atoms with Gasteiger partial charge in [0.2, 0.25) is 12.7 Å². The maximum absolute atomic E-state index is 13.0. The zero-order valence-electron chi connectivity index (χ0n) is 15.2. The number of hydrogen-bond donors (Lipinski definition) is 2. The average molecular weight is 376 g/mol. The first-order valence-corrected chi connectivity index (χ1v) is 8.98. The molecule has 3 aromatic rings. The summed E-state index contributed by atoms with van der Waals surface area (Å²) in [7, 11) is 0. The molecule has 1 unspecified atom stereocenters. The van der Waals surface area contributed by atoms with Crippen LogP contribution in [-0.2, 0) is 17.9 Å². The zero-order chi connectivity index (χ0) is 19.2. The Morgan fingerprint density at radius 3 is 2.39 bits per heavy atom. The van der Waals surface area contributed by atoms with E-state index in [0.29, 0.717) is 24.6 Å². The number of pyridine rings is 2. The van der Waals surface area contributed by atoms with Gasteiger partial charge in [0.25, 0.3) is 0 Å². The maximum Gasteiger partial charge on any atom is 0.242 e. The number of nitrogens with one attached hydrogen (secondary N) is 2. The molecule has 0 bridgehead atoms. The van der Waals surface area contributed by atoms with Crippen LogP contribution in [0.1, 0.15) is 22.7 Å². The molecule has 1 amide bonds. The summed E-state index contributed by atoms with van der Waals surface area (Å²) in [6.45, 7) is 1.11. The zero-order valence-corrected chi connectivity index (χ0v) is 15.2. The highest BCUT2D eigenvalue weighted by Crippen LogP contribution is 2.34. The van der Waals surface area contributed by atoms with Crippen LogP contribution in [0.4, 0.5) is 0 Å². The van der Waals surface area contributed by atoms with Gasteiger partial charge in [0, 0.05) is 37.9 Å². The summed E-state index contributed by atoms with van der Waals surface area (Å²) in [5, 5.41) is 6.29. The van der Waals surface area contributed by atoms with E-state index in [9.17, 15) is 4.79 Å². The van der Waals surface area contributed by atoms with Crippen LogP contribution in [0.3, 0.4) is 0 Å². The maximum atomic E-state index is 13.0. The topological polar surface area (TPSA) is 85.4 Å². The largest absolute Gasteiger partial charge is 0.454 e. The van der Waals surface area contributed by atoms with E-state index in [0.717, 1.165) is 16.7 Å². The molecule has 0 spiro atoms. The Morgan fingerprint density at radius 2 is 1.68 bits per heavy atom. The number of fused-ring (bicyclic) bond motifs is 1. The summed E-state index contributed by atoms with van der Waals surface area (Å²) in [6.07, 6.45) is 6.94. The van der Waals surface area contributed by atoms with Crippen LogP contribution < -0.4 is 20.1 Å². The van der Waals surface area contributed by atoms with Gasteiger partial charge in [0.05, 0.1) is 0 Å². The molecule has 0 fully saturated rings. The van der Waals surface area contributed by atoms with E-state index in [-0.39, 0.29) is 12.7 Å². The van der Waals surface area contributed by atoms with Gasteiger partial charge in [-0.05, 0) is 41.0 Å². The van der Waals surface area contributed by atoms with Crippen LogP contribution >= 0.6 is 0 Å². The predicted molar refractivity (Wildman–Crippen MR) is 102 cm³/mol. The van der Waals surface area contributed by atoms with Gasteiger partial charge in [0.1, 0.15) is 6.04 Å². The highest BCUT2D eigenvalue weighted by Gasteiger charge is 2.23. The fraction of sp³-hybridized carbons (Fsp3) is 0.190. The fourth-order valence-corrected chi connectivity index (χ4v) is 2.97. The third kappa shape index (κ3) is 4.27. The Kier molecular flexibility index (Phi) is 5.44. The normalized spacial score (nSPS) is 13.1. The molecule has 2 aromatic heterocycles. The summed E-state index contributed by atoms with van der Waals surface area (Å²) in [6, 6.07) is 12.6. The highest BCUT2D eigenvalue weighted by atomic mass is 16.7. The Balaban J connectivity index is 1.51. The Bertz CT molecular complexity index is 935. The monoisotopic (exact) mass is 376 g/mol. The van der Waals surface area contributed by atoms with Crippen LogP contribution in [0.5, 0.6) is 11.5 Å². The quantitative estimate of drug-likeness (QED) is 0.658. The number of benzene rings is 1. The van der Waals surface area contributed by atoms with Crippen LogP contribution in [0.15, 0.2) is 67.3 Å². The van der Waals surface area contributed by atoms with Crippen molar-refractivity contribution < 1.29 is 14.3 Å². The standard InChI is InChI=1S/C21H20N4O3/c26-21(25-13-16-4-2-8-23-11-16)20(24-12-15-3-1-7-22-10-15)17-5-6-18-19(9-17)28-14-27-18/h1-11,20,24H,12-14H2,(H,25,26). The van der Waals surface area contributed by atoms with E-state index < -0.39 is 6.04 Å². The molecule has 4 rings (SSSR count). The lowest BCUT2D eigenvalue weighted by Gasteiger charge is -2.19. The smallest absolute Gasteiger partial charge is 0.242 e. The van der Waals surface area contributed by atoms with Gasteiger partial charge in [-0.15, -0.1) is 0 Å². The van der Waals surface area contributed by atoms with Crippen molar-refractivity contribution in [3.63, 3.8) is 0 Å². The third-order valence-electron chi connectivity index (χ3n) is 4.41. The van der Waals surface area contributed by atoms with Gasteiger partial charge >= 0.3 is 0 Å². The molecule has 0 radical (unpaired) electrons. The summed E-state index contributed by atoms with van der Waals surface area (Å²) < 4.78 is 10.8. The summed E-state index contributed by atoms with van der Waals surface area (Å²) >= 11 is 0. The SMILES string of the molecule is O=C(NCc1cccnc1)C(NCc1cccnc1)c1ccc2c(c1)OCO2. The van der Waals surface area contributed by atoms with Gasteiger partial charge in [-0.2, -0.15) is 0 Å². The minimum Gasteiger partial charge on any atom is -0.454 e. The molecule has 1 atom stereocenters. The Labute approximate surface area is 162 Å². The molecule has 0 saturated carbocycles. The second-order valence-electron chi connectivity index (χ2n) is 6.37. The number of hydrogen-bond acceptors (Lipinski definition) is 6. The fourth-order valence-electron chi connectivity index (χ4n) is 2.97.